The maximum Gasteiger partial charge on any atom is 0.310 e. The molecule has 0 aromatic carbocycles. The highest BCUT2D eigenvalue weighted by Crippen LogP contribution is 2.09. The second kappa shape index (κ2) is 29.4. The van der Waals surface area contributed by atoms with E-state index in [0.717, 1.165) is 57.8 Å². The van der Waals surface area contributed by atoms with E-state index >= 15 is 0 Å². The molecule has 0 rings (SSSR count). The number of nitrogens with zero attached hydrogens (tertiary/aromatic N) is 1. The molecule has 262 valence electrons. The molecule has 0 bridgehead atoms. The fraction of sp³-hybridized carbons (Fsp3) is 0.649. The minimum atomic E-state index is -1.64. The third-order valence-electron chi connectivity index (χ3n) is 6.56. The van der Waals surface area contributed by atoms with E-state index < -0.39 is 30.3 Å². The number of allylic oxidation sites excluding steroid dienone is 9. The largest absolute Gasteiger partial charge is 0.545 e. The Bertz CT molecular complexity index is 946. The van der Waals surface area contributed by atoms with Crippen molar-refractivity contribution in [1.82, 2.24) is 0 Å². The standard InChI is InChI=1S/C37H61NO8/c1-6-8-10-12-14-15-16-17-18-19-20-21-22-24-26-28-35(40)46-33(31-44-34(39)27-25-23-13-11-9-7-2)32-45-37(36(41)42)43-30-29-38(3,4)5/h8,10,14-15,17-18,20-21,24,26,33,37H,6-7,9,11-13,16,19,22-23,25,27-32H2,1-5H3/b10-8-,15-14-,18-17-,21-20-,26-24-. The number of carboxylic acid groups (broad SMARTS) is 1. The van der Waals surface area contributed by atoms with Gasteiger partial charge in [-0.1, -0.05) is 107 Å². The summed E-state index contributed by atoms with van der Waals surface area (Å²) in [7, 11) is 5.85. The van der Waals surface area contributed by atoms with Crippen molar-refractivity contribution >= 4 is 17.9 Å². The molecule has 0 fully saturated rings. The molecule has 0 N–H and O–H groups in total. The quantitative estimate of drug-likeness (QED) is 0.0313. The first-order chi connectivity index (χ1) is 22.1. The van der Waals surface area contributed by atoms with Crippen molar-refractivity contribution < 1.29 is 42.9 Å². The van der Waals surface area contributed by atoms with Gasteiger partial charge in [0.05, 0.1) is 46.7 Å². The molecule has 0 aromatic rings. The first kappa shape index (κ1) is 43.0. The molecule has 2 unspecified atom stereocenters. The average molecular weight is 648 g/mol. The normalized spacial score (nSPS) is 13.8. The van der Waals surface area contributed by atoms with Crippen LogP contribution in [0.5, 0.6) is 0 Å². The molecule has 46 heavy (non-hydrogen) atoms. The molecular formula is C37H61NO8. The molecule has 9 heteroatoms. The Hall–Kier alpha value is -3.01. The van der Waals surface area contributed by atoms with Crippen LogP contribution in [-0.4, -0.2) is 82.3 Å². The Morgan fingerprint density at radius 1 is 0.674 bits per heavy atom. The van der Waals surface area contributed by atoms with Crippen LogP contribution >= 0.6 is 0 Å². The third-order valence-corrected chi connectivity index (χ3v) is 6.56. The minimum Gasteiger partial charge on any atom is -0.545 e. The maximum absolute atomic E-state index is 12.5. The van der Waals surface area contributed by atoms with Gasteiger partial charge in [-0.25, -0.2) is 0 Å². The lowest BCUT2D eigenvalue weighted by molar-refractivity contribution is -0.870. The molecule has 0 saturated carbocycles. The summed E-state index contributed by atoms with van der Waals surface area (Å²) >= 11 is 0. The van der Waals surface area contributed by atoms with Gasteiger partial charge < -0.3 is 33.3 Å². The number of rotatable bonds is 29. The first-order valence-corrected chi connectivity index (χ1v) is 16.9. The SMILES string of the molecule is CC/C=C\C/C=C\C/C=C\C/C=C\C/C=C\CC(=O)OC(COC(=O)CCCCCCCC)COC(OCC[N+](C)(C)C)C(=O)[O-]. The molecule has 0 heterocycles. The Morgan fingerprint density at radius 2 is 1.22 bits per heavy atom. The van der Waals surface area contributed by atoms with E-state index in [1.54, 1.807) is 6.08 Å². The third kappa shape index (κ3) is 29.7. The van der Waals surface area contributed by atoms with Gasteiger partial charge in [0.2, 0.25) is 0 Å². The Labute approximate surface area is 278 Å². The number of quaternary nitrogens is 1. The van der Waals surface area contributed by atoms with Crippen molar-refractivity contribution in [3.8, 4) is 0 Å². The zero-order valence-corrected chi connectivity index (χ0v) is 29.2. The molecule has 0 radical (unpaired) electrons. The highest BCUT2D eigenvalue weighted by Gasteiger charge is 2.21. The van der Waals surface area contributed by atoms with Crippen LogP contribution in [0.4, 0.5) is 0 Å². The van der Waals surface area contributed by atoms with Gasteiger partial charge in [0, 0.05) is 6.42 Å². The number of unbranched alkanes of at least 4 members (excludes halogenated alkanes) is 5. The second-order valence-electron chi connectivity index (χ2n) is 12.1. The number of carboxylic acids is 1. The Balaban J connectivity index is 4.75. The lowest BCUT2D eigenvalue weighted by Gasteiger charge is -2.26. The number of esters is 2. The van der Waals surface area contributed by atoms with Crippen LogP contribution in [0.25, 0.3) is 0 Å². The summed E-state index contributed by atoms with van der Waals surface area (Å²) in [4.78, 5) is 36.3. The van der Waals surface area contributed by atoms with E-state index in [0.29, 0.717) is 17.4 Å². The highest BCUT2D eigenvalue weighted by molar-refractivity contribution is 5.71. The van der Waals surface area contributed by atoms with E-state index in [1.165, 1.54) is 6.42 Å². The van der Waals surface area contributed by atoms with E-state index in [-0.39, 0.29) is 32.7 Å². The number of carbonyl (C=O) groups is 3. The van der Waals surface area contributed by atoms with Crippen LogP contribution in [-0.2, 0) is 33.3 Å². The summed E-state index contributed by atoms with van der Waals surface area (Å²) in [6, 6.07) is 0. The van der Waals surface area contributed by atoms with Crippen molar-refractivity contribution in [3.05, 3.63) is 60.8 Å². The number of carbonyl (C=O) groups excluding carboxylic acids is 3. The van der Waals surface area contributed by atoms with Crippen LogP contribution in [0.3, 0.4) is 0 Å². The fourth-order valence-electron chi connectivity index (χ4n) is 3.90. The molecular weight excluding hydrogens is 586 g/mol. The fourth-order valence-corrected chi connectivity index (χ4v) is 3.90. The number of hydrogen-bond donors (Lipinski definition) is 0. The van der Waals surface area contributed by atoms with Gasteiger partial charge in [0.15, 0.2) is 12.4 Å². The van der Waals surface area contributed by atoms with Gasteiger partial charge in [-0.3, -0.25) is 9.59 Å². The molecule has 0 aromatic heterocycles. The van der Waals surface area contributed by atoms with Gasteiger partial charge in [-0.15, -0.1) is 0 Å². The summed E-state index contributed by atoms with van der Waals surface area (Å²) < 4.78 is 22.1. The van der Waals surface area contributed by atoms with Gasteiger partial charge in [0.25, 0.3) is 0 Å². The highest BCUT2D eigenvalue weighted by atomic mass is 16.7. The lowest BCUT2D eigenvalue weighted by Crippen LogP contribution is -2.44. The zero-order chi connectivity index (χ0) is 34.3. The van der Waals surface area contributed by atoms with Gasteiger partial charge in [0.1, 0.15) is 13.2 Å². The zero-order valence-electron chi connectivity index (χ0n) is 29.2. The summed E-state index contributed by atoms with van der Waals surface area (Å²) in [5.74, 6) is -2.48. The minimum absolute atomic E-state index is 0.0135. The summed E-state index contributed by atoms with van der Waals surface area (Å²) in [5, 5.41) is 11.6. The smallest absolute Gasteiger partial charge is 0.310 e. The Kier molecular flexibility index (Phi) is 27.5. The molecule has 0 amide bonds. The Morgan fingerprint density at radius 3 is 1.76 bits per heavy atom. The van der Waals surface area contributed by atoms with Crippen molar-refractivity contribution in [1.29, 1.82) is 0 Å². The molecule has 0 aliphatic carbocycles. The van der Waals surface area contributed by atoms with Gasteiger partial charge in [-0.05, 0) is 38.5 Å². The van der Waals surface area contributed by atoms with Gasteiger partial charge >= 0.3 is 11.9 Å². The van der Waals surface area contributed by atoms with E-state index in [1.807, 2.05) is 33.3 Å². The van der Waals surface area contributed by atoms with Crippen molar-refractivity contribution in [3.63, 3.8) is 0 Å². The summed E-state index contributed by atoms with van der Waals surface area (Å²) in [6.07, 6.45) is 28.9. The molecule has 0 saturated heterocycles. The summed E-state index contributed by atoms with van der Waals surface area (Å²) in [5.41, 5.74) is 0. The molecule has 2 atom stereocenters. The van der Waals surface area contributed by atoms with E-state index in [9.17, 15) is 19.5 Å². The average Bonchev–Trinajstić information content (AvgIpc) is 3.00. The van der Waals surface area contributed by atoms with Crippen LogP contribution in [0.1, 0.15) is 97.3 Å². The number of likely N-dealkylation sites (N-methyl/N-ethyl adjacent to an activating group) is 1. The van der Waals surface area contributed by atoms with Gasteiger partial charge in [-0.2, -0.15) is 0 Å². The van der Waals surface area contributed by atoms with Crippen LogP contribution in [0, 0.1) is 0 Å². The van der Waals surface area contributed by atoms with E-state index in [2.05, 4.69) is 56.4 Å². The van der Waals surface area contributed by atoms with E-state index in [4.69, 9.17) is 18.9 Å². The van der Waals surface area contributed by atoms with Crippen LogP contribution < -0.4 is 5.11 Å². The first-order valence-electron chi connectivity index (χ1n) is 16.9. The molecule has 0 aliphatic heterocycles. The number of ether oxygens (including phenoxy) is 4. The molecule has 0 spiro atoms. The van der Waals surface area contributed by atoms with Crippen LogP contribution in [0.15, 0.2) is 60.8 Å². The lowest BCUT2D eigenvalue weighted by atomic mass is 10.1. The number of hydrogen-bond acceptors (Lipinski definition) is 8. The van der Waals surface area contributed by atoms with Crippen LogP contribution in [0.2, 0.25) is 0 Å². The number of aliphatic carboxylic acids is 1. The molecule has 0 aliphatic rings. The van der Waals surface area contributed by atoms with Crippen molar-refractivity contribution in [2.24, 2.45) is 0 Å². The van der Waals surface area contributed by atoms with Crippen molar-refractivity contribution in [2.45, 2.75) is 110 Å². The monoisotopic (exact) mass is 647 g/mol. The predicted molar refractivity (Wildman–Crippen MR) is 182 cm³/mol. The predicted octanol–water partition coefficient (Wildman–Crippen LogP) is 6.15. The summed E-state index contributed by atoms with van der Waals surface area (Å²) in [6.45, 7) is 4.38. The second-order valence-corrected chi connectivity index (χ2v) is 12.1. The molecule has 9 nitrogen and oxygen atoms in total. The topological polar surface area (TPSA) is 111 Å². The van der Waals surface area contributed by atoms with Crippen molar-refractivity contribution in [2.75, 3.05) is 47.5 Å². The maximum atomic E-state index is 12.5.